The van der Waals surface area contributed by atoms with Crippen LogP contribution >= 0.6 is 0 Å². The third kappa shape index (κ3) is 3.84. The smallest absolute Gasteiger partial charge is 0.258 e. The Labute approximate surface area is 136 Å². The number of rotatable bonds is 4. The number of carbonyl (C=O) groups is 2. The second-order valence-corrected chi connectivity index (χ2v) is 6.96. The Morgan fingerprint density at radius 3 is 2.83 bits per heavy atom. The van der Waals surface area contributed by atoms with Crippen LogP contribution in [-0.4, -0.2) is 29.9 Å². The quantitative estimate of drug-likeness (QED) is 0.927. The van der Waals surface area contributed by atoms with Gasteiger partial charge in [0, 0.05) is 6.04 Å². The molecule has 3 rings (SSSR count). The lowest BCUT2D eigenvalue weighted by Crippen LogP contribution is -2.36. The second-order valence-electron chi connectivity index (χ2n) is 6.96. The number of benzene rings is 1. The van der Waals surface area contributed by atoms with Crippen LogP contribution in [-0.2, 0) is 4.79 Å². The van der Waals surface area contributed by atoms with Crippen LogP contribution in [0, 0.1) is 0 Å². The van der Waals surface area contributed by atoms with E-state index in [1.54, 1.807) is 18.2 Å². The Balaban J connectivity index is 1.60. The van der Waals surface area contributed by atoms with Crippen LogP contribution in [0.25, 0.3) is 0 Å². The SMILES string of the molecule is CC1(C)CC(=O)c2cc(OCC(=O)NC3CCCC3)ccc2O1. The third-order valence-electron chi connectivity index (χ3n) is 4.31. The minimum atomic E-state index is -0.479. The standard InChI is InChI=1S/C18H23NO4/c1-18(2)10-15(20)14-9-13(7-8-16(14)23-18)22-11-17(21)19-12-5-3-4-6-12/h7-9,12H,3-6,10-11H2,1-2H3,(H,19,21). The van der Waals surface area contributed by atoms with Crippen LogP contribution in [0.1, 0.15) is 56.3 Å². The molecule has 0 saturated heterocycles. The summed E-state index contributed by atoms with van der Waals surface area (Å²) in [5.74, 6) is 1.02. The Hall–Kier alpha value is -2.04. The molecule has 1 aliphatic heterocycles. The van der Waals surface area contributed by atoms with E-state index in [4.69, 9.17) is 9.47 Å². The van der Waals surface area contributed by atoms with Gasteiger partial charge in [-0.15, -0.1) is 0 Å². The summed E-state index contributed by atoms with van der Waals surface area (Å²) < 4.78 is 11.3. The topological polar surface area (TPSA) is 64.6 Å². The predicted octanol–water partition coefficient (Wildman–Crippen LogP) is 2.87. The van der Waals surface area contributed by atoms with Crippen LogP contribution in [0.4, 0.5) is 0 Å². The van der Waals surface area contributed by atoms with Gasteiger partial charge in [0.15, 0.2) is 12.4 Å². The van der Waals surface area contributed by atoms with E-state index in [-0.39, 0.29) is 24.3 Å². The van der Waals surface area contributed by atoms with Crippen molar-refractivity contribution in [1.29, 1.82) is 0 Å². The van der Waals surface area contributed by atoms with Crippen LogP contribution in [0.5, 0.6) is 11.5 Å². The summed E-state index contributed by atoms with van der Waals surface area (Å²) in [7, 11) is 0. The fourth-order valence-corrected chi connectivity index (χ4v) is 3.21. The summed E-state index contributed by atoms with van der Waals surface area (Å²) in [6, 6.07) is 5.41. The normalized spacial score (nSPS) is 19.8. The first-order chi connectivity index (χ1) is 10.9. The van der Waals surface area contributed by atoms with Gasteiger partial charge in [0.25, 0.3) is 5.91 Å². The van der Waals surface area contributed by atoms with E-state index in [0.717, 1.165) is 12.8 Å². The number of nitrogens with one attached hydrogen (secondary N) is 1. The van der Waals surface area contributed by atoms with Crippen molar-refractivity contribution in [3.8, 4) is 11.5 Å². The molecule has 0 bridgehead atoms. The van der Waals surface area contributed by atoms with Crippen molar-refractivity contribution in [3.05, 3.63) is 23.8 Å². The van der Waals surface area contributed by atoms with Gasteiger partial charge in [0.1, 0.15) is 17.1 Å². The average molecular weight is 317 g/mol. The predicted molar refractivity (Wildman–Crippen MR) is 86.0 cm³/mol. The maximum atomic E-state index is 12.2. The minimum absolute atomic E-state index is 0.0319. The number of hydrogen-bond donors (Lipinski definition) is 1. The van der Waals surface area contributed by atoms with Gasteiger partial charge in [-0.3, -0.25) is 9.59 Å². The number of ketones is 1. The number of hydrogen-bond acceptors (Lipinski definition) is 4. The molecule has 0 atom stereocenters. The molecular formula is C18H23NO4. The van der Waals surface area contributed by atoms with Crippen molar-refractivity contribution in [3.63, 3.8) is 0 Å². The molecule has 1 aliphatic carbocycles. The van der Waals surface area contributed by atoms with Crippen molar-refractivity contribution >= 4 is 11.7 Å². The van der Waals surface area contributed by atoms with E-state index in [1.807, 2.05) is 13.8 Å². The number of Topliss-reactive ketones (excluding diaryl/α,β-unsaturated/α-hetero) is 1. The maximum Gasteiger partial charge on any atom is 0.258 e. The first-order valence-electron chi connectivity index (χ1n) is 8.21. The summed E-state index contributed by atoms with van der Waals surface area (Å²) in [6.07, 6.45) is 4.79. The lowest BCUT2D eigenvalue weighted by Gasteiger charge is -2.31. The van der Waals surface area contributed by atoms with Crippen molar-refractivity contribution in [2.45, 2.75) is 57.6 Å². The molecule has 124 valence electrons. The first kappa shape index (κ1) is 15.8. The highest BCUT2D eigenvalue weighted by molar-refractivity contribution is 6.00. The molecule has 1 aromatic rings. The molecule has 1 fully saturated rings. The highest BCUT2D eigenvalue weighted by Gasteiger charge is 2.32. The van der Waals surface area contributed by atoms with Crippen LogP contribution in [0.3, 0.4) is 0 Å². The fourth-order valence-electron chi connectivity index (χ4n) is 3.21. The van der Waals surface area contributed by atoms with Gasteiger partial charge in [-0.2, -0.15) is 0 Å². The molecule has 2 aliphatic rings. The van der Waals surface area contributed by atoms with Crippen molar-refractivity contribution in [2.24, 2.45) is 0 Å². The molecule has 1 heterocycles. The van der Waals surface area contributed by atoms with Gasteiger partial charge >= 0.3 is 0 Å². The molecule has 0 aromatic heterocycles. The Morgan fingerprint density at radius 2 is 2.09 bits per heavy atom. The number of fused-ring (bicyclic) bond motifs is 1. The molecule has 1 aromatic carbocycles. The Morgan fingerprint density at radius 1 is 1.35 bits per heavy atom. The van der Waals surface area contributed by atoms with Crippen LogP contribution in [0.2, 0.25) is 0 Å². The number of ether oxygens (including phenoxy) is 2. The van der Waals surface area contributed by atoms with E-state index in [0.29, 0.717) is 23.5 Å². The zero-order chi connectivity index (χ0) is 16.4. The molecule has 0 unspecified atom stereocenters. The fraction of sp³-hybridized carbons (Fsp3) is 0.556. The summed E-state index contributed by atoms with van der Waals surface area (Å²) in [5, 5.41) is 2.98. The van der Waals surface area contributed by atoms with Gasteiger partial charge in [-0.05, 0) is 44.9 Å². The van der Waals surface area contributed by atoms with Gasteiger partial charge < -0.3 is 14.8 Å². The van der Waals surface area contributed by atoms with Gasteiger partial charge in [-0.25, -0.2) is 0 Å². The number of amides is 1. The van der Waals surface area contributed by atoms with E-state index in [1.165, 1.54) is 12.8 Å². The summed E-state index contributed by atoms with van der Waals surface area (Å²) in [4.78, 5) is 24.1. The molecule has 5 heteroatoms. The average Bonchev–Trinajstić information content (AvgIpc) is 2.97. The molecule has 5 nitrogen and oxygen atoms in total. The number of carbonyl (C=O) groups excluding carboxylic acids is 2. The van der Waals surface area contributed by atoms with Gasteiger partial charge in [0.05, 0.1) is 12.0 Å². The van der Waals surface area contributed by atoms with Crippen LogP contribution in [0.15, 0.2) is 18.2 Å². The van der Waals surface area contributed by atoms with E-state index in [9.17, 15) is 9.59 Å². The van der Waals surface area contributed by atoms with Gasteiger partial charge in [-0.1, -0.05) is 12.8 Å². The molecule has 0 spiro atoms. The van der Waals surface area contributed by atoms with Crippen molar-refractivity contribution < 1.29 is 19.1 Å². The molecule has 0 radical (unpaired) electrons. The minimum Gasteiger partial charge on any atom is -0.487 e. The molecule has 1 N–H and O–H groups in total. The Kier molecular flexibility index (Phi) is 4.28. The highest BCUT2D eigenvalue weighted by atomic mass is 16.5. The van der Waals surface area contributed by atoms with Crippen molar-refractivity contribution in [1.82, 2.24) is 5.32 Å². The van der Waals surface area contributed by atoms with E-state index in [2.05, 4.69) is 5.32 Å². The lowest BCUT2D eigenvalue weighted by molar-refractivity contribution is -0.123. The molecule has 1 amide bonds. The molecule has 1 saturated carbocycles. The first-order valence-corrected chi connectivity index (χ1v) is 8.21. The van der Waals surface area contributed by atoms with E-state index < -0.39 is 5.60 Å². The third-order valence-corrected chi connectivity index (χ3v) is 4.31. The maximum absolute atomic E-state index is 12.2. The largest absolute Gasteiger partial charge is 0.487 e. The zero-order valence-electron chi connectivity index (χ0n) is 13.7. The van der Waals surface area contributed by atoms with Crippen LogP contribution < -0.4 is 14.8 Å². The van der Waals surface area contributed by atoms with Gasteiger partial charge in [0.2, 0.25) is 0 Å². The second kappa shape index (κ2) is 6.22. The summed E-state index contributed by atoms with van der Waals surface area (Å²) in [6.45, 7) is 3.76. The molecule has 23 heavy (non-hydrogen) atoms. The Bertz CT molecular complexity index is 617. The van der Waals surface area contributed by atoms with E-state index >= 15 is 0 Å². The molecular weight excluding hydrogens is 294 g/mol. The van der Waals surface area contributed by atoms with Crippen molar-refractivity contribution in [2.75, 3.05) is 6.61 Å². The summed E-state index contributed by atoms with van der Waals surface area (Å²) in [5.41, 5.74) is 0.0474. The zero-order valence-corrected chi connectivity index (χ0v) is 13.7. The lowest BCUT2D eigenvalue weighted by atomic mass is 9.93. The monoisotopic (exact) mass is 317 g/mol. The summed E-state index contributed by atoms with van der Waals surface area (Å²) >= 11 is 0. The highest BCUT2D eigenvalue weighted by Crippen LogP contribution is 2.35.